The van der Waals surface area contributed by atoms with Gasteiger partial charge < -0.3 is 0 Å². The zero-order valence-corrected chi connectivity index (χ0v) is 22.6. The van der Waals surface area contributed by atoms with Crippen molar-refractivity contribution in [3.8, 4) is 0 Å². The molecule has 2 aliphatic carbocycles. The van der Waals surface area contributed by atoms with Gasteiger partial charge in [-0.1, -0.05) is 67.2 Å². The van der Waals surface area contributed by atoms with Crippen molar-refractivity contribution in [2.45, 2.75) is 88.7 Å². The van der Waals surface area contributed by atoms with Crippen LogP contribution >= 0.6 is 16.5 Å². The van der Waals surface area contributed by atoms with E-state index < -0.39 is 0 Å². The van der Waals surface area contributed by atoms with Gasteiger partial charge in [0.2, 0.25) is 0 Å². The van der Waals surface area contributed by atoms with E-state index in [1.165, 1.54) is 94.5 Å². The van der Waals surface area contributed by atoms with Gasteiger partial charge in [0.25, 0.3) is 0 Å². The second-order valence-electron chi connectivity index (χ2n) is 10.6. The van der Waals surface area contributed by atoms with E-state index in [-0.39, 0.29) is 7.92 Å². The molecule has 34 heavy (non-hydrogen) atoms. The lowest BCUT2D eigenvalue weighted by Gasteiger charge is -2.46. The number of hydrogen-bond donors (Lipinski definition) is 0. The molecule has 2 aromatic rings. The summed E-state index contributed by atoms with van der Waals surface area (Å²) in [5.41, 5.74) is 3.44. The quantitative estimate of drug-likeness (QED) is 0.401. The van der Waals surface area contributed by atoms with Gasteiger partial charge in [-0.25, -0.2) is 0 Å². The molecule has 0 bridgehead atoms. The molecule has 3 heterocycles. The third-order valence-corrected chi connectivity index (χ3v) is 13.0. The standard InChI is InChI=1S/C28H42N4P2/c1-3-11-24(12-4-1)28-32(20-26-14-8-10-18-30-26)23-34(27-15-5-2-6-16-27)22-31(21-33-28)19-25-13-7-9-17-29-25/h7-10,13-14,17-18,24,27-28,33H,1-6,11-12,15-16,19-23H2. The molecule has 184 valence electrons. The van der Waals surface area contributed by atoms with E-state index in [0.717, 1.165) is 39.0 Å². The molecule has 0 spiro atoms. The maximum Gasteiger partial charge on any atom is 0.0544 e. The van der Waals surface area contributed by atoms with Gasteiger partial charge in [0.05, 0.1) is 11.4 Å². The predicted molar refractivity (Wildman–Crippen MR) is 147 cm³/mol. The Balaban J connectivity index is 1.40. The fourth-order valence-corrected chi connectivity index (χ4v) is 11.5. The van der Waals surface area contributed by atoms with Gasteiger partial charge in [-0.3, -0.25) is 19.8 Å². The average molecular weight is 497 g/mol. The van der Waals surface area contributed by atoms with Gasteiger partial charge in [0.1, 0.15) is 0 Å². The number of aromatic nitrogens is 2. The van der Waals surface area contributed by atoms with Crippen LogP contribution in [0.3, 0.4) is 0 Å². The van der Waals surface area contributed by atoms with Gasteiger partial charge in [-0.15, -0.1) is 0 Å². The number of pyridine rings is 2. The van der Waals surface area contributed by atoms with Crippen molar-refractivity contribution >= 4 is 16.5 Å². The van der Waals surface area contributed by atoms with E-state index in [1.54, 1.807) is 0 Å². The summed E-state index contributed by atoms with van der Waals surface area (Å²) in [5, 5.41) is 0. The first-order valence-corrected chi connectivity index (χ1v) is 16.7. The number of nitrogens with zero attached hydrogens (tertiary/aromatic N) is 4. The smallest absolute Gasteiger partial charge is 0.0544 e. The van der Waals surface area contributed by atoms with E-state index in [4.69, 9.17) is 9.97 Å². The molecule has 5 rings (SSSR count). The van der Waals surface area contributed by atoms with Crippen LogP contribution in [0.25, 0.3) is 0 Å². The van der Waals surface area contributed by atoms with E-state index in [1.807, 2.05) is 18.5 Å². The zero-order valence-electron chi connectivity index (χ0n) is 20.7. The minimum absolute atomic E-state index is 0.0515. The molecule has 4 nitrogen and oxygen atoms in total. The molecule has 3 aliphatic rings. The lowest BCUT2D eigenvalue weighted by molar-refractivity contribution is 0.184. The first kappa shape index (κ1) is 24.8. The Bertz CT molecular complexity index is 840. The Morgan fingerprint density at radius 3 is 2.06 bits per heavy atom. The Kier molecular flexibility index (Phi) is 9.37. The average Bonchev–Trinajstić information content (AvgIpc) is 2.89. The monoisotopic (exact) mass is 496 g/mol. The molecule has 1 aliphatic heterocycles. The van der Waals surface area contributed by atoms with Crippen molar-refractivity contribution in [2.75, 3.05) is 18.9 Å². The van der Waals surface area contributed by atoms with E-state index >= 15 is 0 Å². The largest absolute Gasteiger partial charge is 0.290 e. The minimum Gasteiger partial charge on any atom is -0.290 e. The zero-order chi connectivity index (χ0) is 23.0. The first-order chi connectivity index (χ1) is 16.8. The van der Waals surface area contributed by atoms with Crippen LogP contribution in [0.2, 0.25) is 0 Å². The summed E-state index contributed by atoms with van der Waals surface area (Å²) in [6.45, 7) is 2.07. The number of rotatable bonds is 6. The van der Waals surface area contributed by atoms with Crippen LogP contribution in [-0.4, -0.2) is 50.1 Å². The second kappa shape index (κ2) is 12.9. The summed E-state index contributed by atoms with van der Waals surface area (Å²) in [4.78, 5) is 15.2. The van der Waals surface area contributed by atoms with Gasteiger partial charge in [-0.05, 0) is 61.5 Å². The van der Waals surface area contributed by atoms with Crippen molar-refractivity contribution < 1.29 is 0 Å². The highest BCUT2D eigenvalue weighted by Crippen LogP contribution is 2.53. The molecule has 0 radical (unpaired) electrons. The van der Waals surface area contributed by atoms with E-state index in [0.29, 0.717) is 0 Å². The van der Waals surface area contributed by atoms with Crippen LogP contribution in [-0.2, 0) is 13.1 Å². The lowest BCUT2D eigenvalue weighted by atomic mass is 9.88. The predicted octanol–water partition coefficient (Wildman–Crippen LogP) is 7.07. The Hall–Kier alpha value is -0.920. The number of hydrogen-bond acceptors (Lipinski definition) is 4. The SMILES string of the molecule is c1ccc(CN2CPC(C3CCCCC3)N(Cc3ccccn3)CP(C3CCCCC3)C2)nc1. The van der Waals surface area contributed by atoms with Crippen LogP contribution in [0.4, 0.5) is 0 Å². The highest BCUT2D eigenvalue weighted by atomic mass is 31.1. The molecule has 1 saturated heterocycles. The molecular weight excluding hydrogens is 454 g/mol. The molecule has 3 unspecified atom stereocenters. The molecule has 6 heteroatoms. The van der Waals surface area contributed by atoms with Crippen molar-refractivity contribution in [3.63, 3.8) is 0 Å². The van der Waals surface area contributed by atoms with Crippen molar-refractivity contribution in [1.82, 2.24) is 19.8 Å². The summed E-state index contributed by atoms with van der Waals surface area (Å²) in [7, 11) is 0.930. The van der Waals surface area contributed by atoms with Crippen molar-refractivity contribution in [2.24, 2.45) is 5.92 Å². The van der Waals surface area contributed by atoms with E-state index in [9.17, 15) is 0 Å². The fraction of sp³-hybridized carbons (Fsp3) is 0.643. The Morgan fingerprint density at radius 2 is 1.41 bits per heavy atom. The summed E-state index contributed by atoms with van der Waals surface area (Å²) >= 11 is 0. The fourth-order valence-electron chi connectivity index (χ4n) is 6.29. The summed E-state index contributed by atoms with van der Waals surface area (Å²) < 4.78 is 0. The minimum atomic E-state index is -0.0515. The second-order valence-corrected chi connectivity index (χ2v) is 14.4. The van der Waals surface area contributed by atoms with E-state index in [2.05, 4.69) is 40.1 Å². The summed E-state index contributed by atoms with van der Waals surface area (Å²) in [5.74, 6) is 1.59. The van der Waals surface area contributed by atoms with Crippen LogP contribution in [0, 0.1) is 5.92 Å². The maximum absolute atomic E-state index is 4.76. The molecule has 3 atom stereocenters. The van der Waals surface area contributed by atoms with Crippen LogP contribution in [0.15, 0.2) is 48.8 Å². The molecule has 0 aromatic carbocycles. The summed E-state index contributed by atoms with van der Waals surface area (Å²) in [6.07, 6.45) is 22.2. The highest BCUT2D eigenvalue weighted by molar-refractivity contribution is 7.58. The Labute approximate surface area is 209 Å². The van der Waals surface area contributed by atoms with Gasteiger partial charge in [0.15, 0.2) is 0 Å². The third-order valence-electron chi connectivity index (χ3n) is 8.05. The van der Waals surface area contributed by atoms with Gasteiger partial charge in [-0.2, -0.15) is 0 Å². The highest BCUT2D eigenvalue weighted by Gasteiger charge is 2.35. The molecule has 2 saturated carbocycles. The topological polar surface area (TPSA) is 32.3 Å². The Morgan fingerprint density at radius 1 is 0.765 bits per heavy atom. The first-order valence-electron chi connectivity index (χ1n) is 13.6. The maximum atomic E-state index is 4.76. The van der Waals surface area contributed by atoms with Gasteiger partial charge in [0, 0.05) is 50.1 Å². The third kappa shape index (κ3) is 6.85. The molecular formula is C28H42N4P2. The molecule has 0 N–H and O–H groups in total. The van der Waals surface area contributed by atoms with Crippen molar-refractivity contribution in [3.05, 3.63) is 60.2 Å². The normalized spacial score (nSPS) is 27.4. The van der Waals surface area contributed by atoms with Crippen LogP contribution in [0.1, 0.15) is 75.6 Å². The molecule has 0 amide bonds. The summed E-state index contributed by atoms with van der Waals surface area (Å²) in [6, 6.07) is 12.9. The van der Waals surface area contributed by atoms with Crippen molar-refractivity contribution in [1.29, 1.82) is 0 Å². The lowest BCUT2D eigenvalue weighted by Crippen LogP contribution is -2.43. The van der Waals surface area contributed by atoms with Crippen LogP contribution < -0.4 is 0 Å². The van der Waals surface area contributed by atoms with Gasteiger partial charge >= 0.3 is 0 Å². The van der Waals surface area contributed by atoms with Crippen LogP contribution in [0.5, 0.6) is 0 Å². The molecule has 2 aromatic heterocycles. The molecule has 3 fully saturated rings.